The number of aryl methyl sites for hydroxylation is 1. The van der Waals surface area contributed by atoms with Gasteiger partial charge in [-0.2, -0.15) is 0 Å². The van der Waals surface area contributed by atoms with Crippen molar-refractivity contribution in [2.45, 2.75) is 26.4 Å². The molecular weight excluding hydrogens is 243 g/mol. The van der Waals surface area contributed by atoms with E-state index in [1.54, 1.807) is 19.9 Å². The molecule has 3 heterocycles. The lowest BCUT2D eigenvalue weighted by molar-refractivity contribution is 0.214. The maximum Gasteiger partial charge on any atom is 0.225 e. The van der Waals surface area contributed by atoms with E-state index in [-0.39, 0.29) is 0 Å². The van der Waals surface area contributed by atoms with Crippen molar-refractivity contribution in [1.82, 2.24) is 15.3 Å². The van der Waals surface area contributed by atoms with Crippen LogP contribution in [0.1, 0.15) is 25.2 Å². The van der Waals surface area contributed by atoms with Gasteiger partial charge in [-0.15, -0.1) is 0 Å². The van der Waals surface area contributed by atoms with Crippen LogP contribution in [-0.2, 0) is 5.67 Å². The van der Waals surface area contributed by atoms with Crippen LogP contribution in [0.4, 0.5) is 10.3 Å². The van der Waals surface area contributed by atoms with Crippen LogP contribution in [0.15, 0.2) is 6.07 Å². The van der Waals surface area contributed by atoms with Crippen molar-refractivity contribution in [2.24, 2.45) is 11.8 Å². The third-order valence-electron chi connectivity index (χ3n) is 4.12. The van der Waals surface area contributed by atoms with Gasteiger partial charge in [-0.25, -0.2) is 14.4 Å². The van der Waals surface area contributed by atoms with E-state index >= 15 is 0 Å². The van der Waals surface area contributed by atoms with E-state index in [0.29, 0.717) is 23.5 Å². The number of halogens is 1. The van der Waals surface area contributed by atoms with Crippen LogP contribution in [-0.4, -0.2) is 36.1 Å². The fourth-order valence-corrected chi connectivity index (χ4v) is 3.02. The standard InChI is InChI=1S/C14H21FN4/c1-9-4-12(14(2,3)15)18-13(17-9)19-7-10-5-16-6-11(10)8-19/h4,10-11,16H,5-8H2,1-3H3/t10-,11+. The van der Waals surface area contributed by atoms with Crippen molar-refractivity contribution >= 4 is 5.95 Å². The van der Waals surface area contributed by atoms with Crippen molar-refractivity contribution in [2.75, 3.05) is 31.1 Å². The summed E-state index contributed by atoms with van der Waals surface area (Å²) in [5, 5.41) is 3.42. The molecule has 0 aromatic carbocycles. The third kappa shape index (κ3) is 2.43. The number of hydrogen-bond acceptors (Lipinski definition) is 4. The summed E-state index contributed by atoms with van der Waals surface area (Å²) in [7, 11) is 0. The van der Waals surface area contributed by atoms with E-state index < -0.39 is 5.67 Å². The van der Waals surface area contributed by atoms with Gasteiger partial charge in [-0.1, -0.05) is 0 Å². The summed E-state index contributed by atoms with van der Waals surface area (Å²) in [5.74, 6) is 2.06. The van der Waals surface area contributed by atoms with E-state index in [2.05, 4.69) is 20.2 Å². The lowest BCUT2D eigenvalue weighted by atomic mass is 10.0. The largest absolute Gasteiger partial charge is 0.340 e. The predicted molar refractivity (Wildman–Crippen MR) is 73.0 cm³/mol. The number of hydrogen-bond donors (Lipinski definition) is 1. The van der Waals surface area contributed by atoms with Crippen LogP contribution in [0.2, 0.25) is 0 Å². The Balaban J connectivity index is 1.87. The molecule has 2 saturated heterocycles. The summed E-state index contributed by atoms with van der Waals surface area (Å²) in [6, 6.07) is 1.74. The van der Waals surface area contributed by atoms with Gasteiger partial charge < -0.3 is 10.2 Å². The quantitative estimate of drug-likeness (QED) is 0.882. The molecule has 4 nitrogen and oxygen atoms in total. The Hall–Kier alpha value is -1.23. The molecule has 2 fully saturated rings. The Kier molecular flexibility index (Phi) is 2.96. The Morgan fingerprint density at radius 1 is 1.26 bits per heavy atom. The smallest absolute Gasteiger partial charge is 0.225 e. The summed E-state index contributed by atoms with van der Waals surface area (Å²) in [6.45, 7) is 9.10. The highest BCUT2D eigenvalue weighted by molar-refractivity contribution is 5.36. The molecule has 0 spiro atoms. The lowest BCUT2D eigenvalue weighted by Gasteiger charge is -2.21. The summed E-state index contributed by atoms with van der Waals surface area (Å²) < 4.78 is 14.1. The monoisotopic (exact) mass is 264 g/mol. The van der Waals surface area contributed by atoms with Crippen LogP contribution < -0.4 is 10.2 Å². The van der Waals surface area contributed by atoms with Crippen molar-refractivity contribution in [1.29, 1.82) is 0 Å². The van der Waals surface area contributed by atoms with Crippen LogP contribution in [0, 0.1) is 18.8 Å². The molecule has 1 N–H and O–H groups in total. The molecule has 2 aliphatic heterocycles. The zero-order valence-electron chi connectivity index (χ0n) is 11.8. The van der Waals surface area contributed by atoms with Crippen molar-refractivity contribution in [3.63, 3.8) is 0 Å². The van der Waals surface area contributed by atoms with Crippen LogP contribution in [0.25, 0.3) is 0 Å². The van der Waals surface area contributed by atoms with Gasteiger partial charge in [0.15, 0.2) is 0 Å². The minimum Gasteiger partial charge on any atom is -0.340 e. The second kappa shape index (κ2) is 4.40. The zero-order valence-corrected chi connectivity index (χ0v) is 11.8. The molecular formula is C14H21FN4. The van der Waals surface area contributed by atoms with Crippen molar-refractivity contribution < 1.29 is 4.39 Å². The van der Waals surface area contributed by atoms with Gasteiger partial charge in [-0.05, 0) is 38.7 Å². The Labute approximate surface area is 113 Å². The van der Waals surface area contributed by atoms with Gasteiger partial charge >= 0.3 is 0 Å². The third-order valence-corrected chi connectivity index (χ3v) is 4.12. The van der Waals surface area contributed by atoms with Gasteiger partial charge in [0.05, 0.1) is 5.69 Å². The average Bonchev–Trinajstić information content (AvgIpc) is 2.86. The first-order chi connectivity index (χ1) is 8.93. The molecule has 1 aromatic heterocycles. The first-order valence-electron chi connectivity index (χ1n) is 6.94. The number of fused-ring (bicyclic) bond motifs is 1. The topological polar surface area (TPSA) is 41.1 Å². The van der Waals surface area contributed by atoms with Gasteiger partial charge in [0.2, 0.25) is 5.95 Å². The fraction of sp³-hybridized carbons (Fsp3) is 0.714. The van der Waals surface area contributed by atoms with Gasteiger partial charge in [0.25, 0.3) is 0 Å². The minimum atomic E-state index is -1.42. The molecule has 1 aromatic rings. The molecule has 104 valence electrons. The highest BCUT2D eigenvalue weighted by Crippen LogP contribution is 2.30. The van der Waals surface area contributed by atoms with E-state index in [1.165, 1.54) is 0 Å². The second-order valence-electron chi connectivity index (χ2n) is 6.25. The summed E-state index contributed by atoms with van der Waals surface area (Å²) in [6.07, 6.45) is 0. The van der Waals surface area contributed by atoms with Crippen LogP contribution in [0.3, 0.4) is 0 Å². The molecule has 0 saturated carbocycles. The molecule has 0 amide bonds. The highest BCUT2D eigenvalue weighted by atomic mass is 19.1. The average molecular weight is 264 g/mol. The number of aromatic nitrogens is 2. The molecule has 0 bridgehead atoms. The van der Waals surface area contributed by atoms with Crippen molar-refractivity contribution in [3.05, 3.63) is 17.5 Å². The molecule has 0 aliphatic carbocycles. The normalized spacial score (nSPS) is 26.8. The van der Waals surface area contributed by atoms with Gasteiger partial charge in [0.1, 0.15) is 5.67 Å². The van der Waals surface area contributed by atoms with Gasteiger partial charge in [0, 0.05) is 31.9 Å². The molecule has 2 atom stereocenters. The number of nitrogens with one attached hydrogen (secondary N) is 1. The van der Waals surface area contributed by atoms with E-state index in [4.69, 9.17) is 0 Å². The van der Waals surface area contributed by atoms with E-state index in [9.17, 15) is 4.39 Å². The van der Waals surface area contributed by atoms with Crippen LogP contribution >= 0.6 is 0 Å². The Morgan fingerprint density at radius 2 is 1.89 bits per heavy atom. The first kappa shape index (κ1) is 12.8. The van der Waals surface area contributed by atoms with E-state index in [0.717, 1.165) is 31.9 Å². The summed E-state index contributed by atoms with van der Waals surface area (Å²) in [5.41, 5.74) is -0.106. The molecule has 0 unspecified atom stereocenters. The second-order valence-corrected chi connectivity index (χ2v) is 6.25. The maximum absolute atomic E-state index is 14.1. The van der Waals surface area contributed by atoms with Gasteiger partial charge in [-0.3, -0.25) is 0 Å². The Bertz CT molecular complexity index is 471. The molecule has 3 rings (SSSR count). The molecule has 5 heteroatoms. The first-order valence-corrected chi connectivity index (χ1v) is 6.94. The summed E-state index contributed by atoms with van der Waals surface area (Å²) >= 11 is 0. The Morgan fingerprint density at radius 3 is 2.47 bits per heavy atom. The summed E-state index contributed by atoms with van der Waals surface area (Å²) in [4.78, 5) is 11.1. The lowest BCUT2D eigenvalue weighted by Crippen LogP contribution is -2.28. The minimum absolute atomic E-state index is 0.477. The van der Waals surface area contributed by atoms with E-state index in [1.807, 2.05) is 6.92 Å². The SMILES string of the molecule is Cc1cc(C(C)(C)F)nc(N2C[C@H]3CNC[C@H]3C2)n1. The predicted octanol–water partition coefficient (Wildman–Crippen LogP) is 1.65. The molecule has 2 aliphatic rings. The van der Waals surface area contributed by atoms with Crippen LogP contribution in [0.5, 0.6) is 0 Å². The van der Waals surface area contributed by atoms with Crippen molar-refractivity contribution in [3.8, 4) is 0 Å². The number of anilines is 1. The number of alkyl halides is 1. The maximum atomic E-state index is 14.1. The highest BCUT2D eigenvalue weighted by Gasteiger charge is 2.37. The fourth-order valence-electron chi connectivity index (χ4n) is 3.02. The number of rotatable bonds is 2. The molecule has 19 heavy (non-hydrogen) atoms. The number of nitrogens with zero attached hydrogens (tertiary/aromatic N) is 3. The zero-order chi connectivity index (χ0) is 13.6. The molecule has 0 radical (unpaired) electrons.